The SMILES string of the molecule is CC(C)(C)c1ccc(CC(NN)C2CC3CCC2C3)cc1. The molecule has 2 aliphatic rings. The van der Waals surface area contributed by atoms with Crippen LogP contribution in [0.1, 0.15) is 57.6 Å². The zero-order valence-electron chi connectivity index (χ0n) is 13.7. The highest BCUT2D eigenvalue weighted by Gasteiger charge is 2.42. The molecule has 2 aliphatic carbocycles. The summed E-state index contributed by atoms with van der Waals surface area (Å²) in [6.07, 6.45) is 6.79. The van der Waals surface area contributed by atoms with Crippen molar-refractivity contribution in [2.75, 3.05) is 0 Å². The maximum atomic E-state index is 5.88. The first-order valence-corrected chi connectivity index (χ1v) is 8.53. The van der Waals surface area contributed by atoms with Crippen LogP contribution in [0.5, 0.6) is 0 Å². The summed E-state index contributed by atoms with van der Waals surface area (Å²) < 4.78 is 0. The van der Waals surface area contributed by atoms with Gasteiger partial charge in [0, 0.05) is 6.04 Å². The van der Waals surface area contributed by atoms with Gasteiger partial charge in [-0.1, -0.05) is 51.5 Å². The van der Waals surface area contributed by atoms with Crippen LogP contribution >= 0.6 is 0 Å². The molecule has 4 unspecified atom stereocenters. The van der Waals surface area contributed by atoms with Crippen molar-refractivity contribution in [1.29, 1.82) is 0 Å². The maximum absolute atomic E-state index is 5.88. The van der Waals surface area contributed by atoms with Crippen molar-refractivity contribution < 1.29 is 0 Å². The molecule has 116 valence electrons. The third-order valence-electron chi connectivity index (χ3n) is 5.80. The van der Waals surface area contributed by atoms with Crippen LogP contribution in [-0.2, 0) is 11.8 Å². The van der Waals surface area contributed by atoms with Gasteiger partial charge in [0.15, 0.2) is 0 Å². The van der Waals surface area contributed by atoms with E-state index < -0.39 is 0 Å². The highest BCUT2D eigenvalue weighted by Crippen LogP contribution is 2.49. The van der Waals surface area contributed by atoms with E-state index in [4.69, 9.17) is 5.84 Å². The van der Waals surface area contributed by atoms with Gasteiger partial charge in [-0.05, 0) is 60.0 Å². The molecule has 2 bridgehead atoms. The third-order valence-corrected chi connectivity index (χ3v) is 5.80. The summed E-state index contributed by atoms with van der Waals surface area (Å²) in [7, 11) is 0. The van der Waals surface area contributed by atoms with E-state index in [1.165, 1.54) is 36.8 Å². The standard InChI is InChI=1S/C19H30N2/c1-19(2,3)16-8-5-13(6-9-16)12-18(21-20)17-11-14-4-7-15(17)10-14/h5-6,8-9,14-15,17-18,21H,4,7,10-12,20H2,1-3H3. The van der Waals surface area contributed by atoms with Crippen LogP contribution in [-0.4, -0.2) is 6.04 Å². The van der Waals surface area contributed by atoms with Crippen molar-refractivity contribution in [2.24, 2.45) is 23.6 Å². The van der Waals surface area contributed by atoms with Crippen LogP contribution in [0.4, 0.5) is 0 Å². The zero-order valence-corrected chi connectivity index (χ0v) is 13.7. The molecule has 21 heavy (non-hydrogen) atoms. The Bertz CT molecular complexity index is 471. The largest absolute Gasteiger partial charge is 0.271 e. The number of rotatable bonds is 4. The molecule has 1 aromatic carbocycles. The summed E-state index contributed by atoms with van der Waals surface area (Å²) in [5, 5.41) is 0. The molecule has 1 aromatic rings. The van der Waals surface area contributed by atoms with Gasteiger partial charge in [0.2, 0.25) is 0 Å². The molecule has 0 heterocycles. The molecule has 0 aromatic heterocycles. The summed E-state index contributed by atoms with van der Waals surface area (Å²) in [6.45, 7) is 6.80. The second kappa shape index (κ2) is 5.73. The Morgan fingerprint density at radius 2 is 1.86 bits per heavy atom. The summed E-state index contributed by atoms with van der Waals surface area (Å²) in [4.78, 5) is 0. The lowest BCUT2D eigenvalue weighted by Crippen LogP contribution is -2.44. The van der Waals surface area contributed by atoms with Crippen molar-refractivity contribution >= 4 is 0 Å². The summed E-state index contributed by atoms with van der Waals surface area (Å²) in [5.41, 5.74) is 6.17. The first-order valence-electron chi connectivity index (χ1n) is 8.53. The van der Waals surface area contributed by atoms with Gasteiger partial charge in [0.1, 0.15) is 0 Å². The molecule has 2 fully saturated rings. The Labute approximate surface area is 129 Å². The van der Waals surface area contributed by atoms with Gasteiger partial charge in [-0.25, -0.2) is 0 Å². The van der Waals surface area contributed by atoms with E-state index in [-0.39, 0.29) is 5.41 Å². The molecule has 0 saturated heterocycles. The molecular weight excluding hydrogens is 256 g/mol. The fourth-order valence-electron chi connectivity index (χ4n) is 4.52. The summed E-state index contributed by atoms with van der Waals surface area (Å²) >= 11 is 0. The molecule has 3 rings (SSSR count). The van der Waals surface area contributed by atoms with Gasteiger partial charge >= 0.3 is 0 Å². The van der Waals surface area contributed by atoms with E-state index in [1.54, 1.807) is 0 Å². The first-order chi connectivity index (χ1) is 9.97. The number of hydrazine groups is 1. The predicted molar refractivity (Wildman–Crippen MR) is 88.9 cm³/mol. The average Bonchev–Trinajstić information content (AvgIpc) is 3.07. The molecule has 3 N–H and O–H groups in total. The van der Waals surface area contributed by atoms with Crippen LogP contribution in [0.2, 0.25) is 0 Å². The first kappa shape index (κ1) is 15.1. The van der Waals surface area contributed by atoms with Crippen molar-refractivity contribution in [1.82, 2.24) is 5.43 Å². The van der Waals surface area contributed by atoms with Crippen molar-refractivity contribution in [2.45, 2.75) is 64.3 Å². The van der Waals surface area contributed by atoms with E-state index in [2.05, 4.69) is 50.5 Å². The normalized spacial score (nSPS) is 29.8. The minimum absolute atomic E-state index is 0.231. The topological polar surface area (TPSA) is 38.0 Å². The number of hydrogen-bond donors (Lipinski definition) is 2. The predicted octanol–water partition coefficient (Wildman–Crippen LogP) is 3.79. The second-order valence-corrected chi connectivity index (χ2v) is 8.26. The Morgan fingerprint density at radius 3 is 2.33 bits per heavy atom. The summed E-state index contributed by atoms with van der Waals surface area (Å²) in [5.74, 6) is 8.58. The lowest BCUT2D eigenvalue weighted by Gasteiger charge is -2.30. The molecule has 2 heteroatoms. The molecule has 0 radical (unpaired) electrons. The van der Waals surface area contributed by atoms with Crippen molar-refractivity contribution in [3.8, 4) is 0 Å². The Hall–Kier alpha value is -0.860. The highest BCUT2D eigenvalue weighted by molar-refractivity contribution is 5.28. The van der Waals surface area contributed by atoms with E-state index in [0.717, 1.165) is 24.2 Å². The Morgan fingerprint density at radius 1 is 1.14 bits per heavy atom. The van der Waals surface area contributed by atoms with Gasteiger partial charge in [-0.2, -0.15) is 0 Å². The number of benzene rings is 1. The number of nitrogens with two attached hydrogens (primary N) is 1. The molecule has 0 spiro atoms. The van der Waals surface area contributed by atoms with E-state index in [0.29, 0.717) is 6.04 Å². The minimum atomic E-state index is 0.231. The number of hydrogen-bond acceptors (Lipinski definition) is 2. The molecular formula is C19H30N2. The van der Waals surface area contributed by atoms with Gasteiger partial charge in [-0.15, -0.1) is 0 Å². The smallest absolute Gasteiger partial charge is 0.0281 e. The van der Waals surface area contributed by atoms with Crippen LogP contribution in [0.15, 0.2) is 24.3 Å². The highest BCUT2D eigenvalue weighted by atomic mass is 15.2. The van der Waals surface area contributed by atoms with Crippen molar-refractivity contribution in [3.63, 3.8) is 0 Å². The van der Waals surface area contributed by atoms with Crippen LogP contribution in [0, 0.1) is 17.8 Å². The van der Waals surface area contributed by atoms with E-state index in [9.17, 15) is 0 Å². The zero-order chi connectivity index (χ0) is 15.0. The Balaban J connectivity index is 1.67. The van der Waals surface area contributed by atoms with E-state index in [1.807, 2.05) is 0 Å². The van der Waals surface area contributed by atoms with Gasteiger partial charge < -0.3 is 0 Å². The second-order valence-electron chi connectivity index (χ2n) is 8.26. The summed E-state index contributed by atoms with van der Waals surface area (Å²) in [6, 6.07) is 9.59. The average molecular weight is 286 g/mol. The van der Waals surface area contributed by atoms with Crippen LogP contribution in [0.25, 0.3) is 0 Å². The van der Waals surface area contributed by atoms with E-state index >= 15 is 0 Å². The monoisotopic (exact) mass is 286 g/mol. The molecule has 4 atom stereocenters. The fourth-order valence-corrected chi connectivity index (χ4v) is 4.52. The minimum Gasteiger partial charge on any atom is -0.271 e. The third kappa shape index (κ3) is 3.17. The van der Waals surface area contributed by atoms with Gasteiger partial charge in [-0.3, -0.25) is 11.3 Å². The van der Waals surface area contributed by atoms with Crippen LogP contribution in [0.3, 0.4) is 0 Å². The molecule has 0 amide bonds. The van der Waals surface area contributed by atoms with Gasteiger partial charge in [0.25, 0.3) is 0 Å². The van der Waals surface area contributed by atoms with Gasteiger partial charge in [0.05, 0.1) is 0 Å². The molecule has 2 saturated carbocycles. The lowest BCUT2D eigenvalue weighted by atomic mass is 9.80. The van der Waals surface area contributed by atoms with Crippen molar-refractivity contribution in [3.05, 3.63) is 35.4 Å². The maximum Gasteiger partial charge on any atom is 0.0281 e. The fraction of sp³-hybridized carbons (Fsp3) is 0.684. The Kier molecular flexibility index (Phi) is 4.11. The number of fused-ring (bicyclic) bond motifs is 2. The quantitative estimate of drug-likeness (QED) is 0.653. The molecule has 2 nitrogen and oxygen atoms in total. The lowest BCUT2D eigenvalue weighted by molar-refractivity contribution is 0.248. The number of nitrogens with one attached hydrogen (secondary N) is 1. The molecule has 0 aliphatic heterocycles. The van der Waals surface area contributed by atoms with Crippen LogP contribution < -0.4 is 11.3 Å².